The fraction of sp³-hybridized carbons (Fsp3) is 0.250. The van der Waals surface area contributed by atoms with Crippen LogP contribution >= 0.6 is 0 Å². The van der Waals surface area contributed by atoms with Crippen molar-refractivity contribution in [2.45, 2.75) is 37.3 Å². The van der Waals surface area contributed by atoms with Crippen LogP contribution in [0, 0.1) is 0 Å². The fourth-order valence-electron chi connectivity index (χ4n) is 4.63. The van der Waals surface area contributed by atoms with Crippen molar-refractivity contribution in [3.8, 4) is 0 Å². The summed E-state index contributed by atoms with van der Waals surface area (Å²) in [6.45, 7) is 0.253. The first-order chi connectivity index (χ1) is 19.5. The topological polar surface area (TPSA) is 101 Å². The van der Waals surface area contributed by atoms with Crippen LogP contribution in [0.25, 0.3) is 10.8 Å². The Labute approximate surface area is 232 Å². The van der Waals surface area contributed by atoms with Crippen LogP contribution < -0.4 is 0 Å². The largest absolute Gasteiger partial charge is 0.452 e. The highest BCUT2D eigenvalue weighted by atomic mass is 16.7. The molecule has 0 saturated carbocycles. The molecule has 4 aromatic carbocycles. The van der Waals surface area contributed by atoms with E-state index in [0.29, 0.717) is 5.56 Å². The molecule has 5 rings (SSSR count). The van der Waals surface area contributed by atoms with E-state index >= 15 is 0 Å². The Morgan fingerprint density at radius 2 is 1.32 bits per heavy atom. The van der Waals surface area contributed by atoms with Crippen LogP contribution in [0.3, 0.4) is 0 Å². The van der Waals surface area contributed by atoms with Gasteiger partial charge in [0.15, 0.2) is 18.5 Å². The number of carbonyl (C=O) groups excluding carboxylic acids is 2. The zero-order chi connectivity index (χ0) is 27.9. The van der Waals surface area contributed by atoms with Gasteiger partial charge >= 0.3 is 11.9 Å². The molecule has 1 heterocycles. The van der Waals surface area contributed by atoms with Gasteiger partial charge in [0.2, 0.25) is 0 Å². The molecule has 0 amide bonds. The zero-order valence-electron chi connectivity index (χ0n) is 21.9. The van der Waals surface area contributed by atoms with Crippen molar-refractivity contribution in [3.63, 3.8) is 0 Å². The van der Waals surface area contributed by atoms with Crippen LogP contribution in [-0.4, -0.2) is 61.5 Å². The summed E-state index contributed by atoms with van der Waals surface area (Å²) in [5.74, 6) is -1.35. The lowest BCUT2D eigenvalue weighted by Gasteiger charge is -2.42. The molecule has 5 atom stereocenters. The molecule has 0 aliphatic carbocycles. The van der Waals surface area contributed by atoms with E-state index in [1.807, 2.05) is 42.5 Å². The Bertz CT molecular complexity index is 1420. The summed E-state index contributed by atoms with van der Waals surface area (Å²) in [6, 6.07) is 30.8. The minimum absolute atomic E-state index is 0.0212. The smallest absolute Gasteiger partial charge is 0.338 e. The number of methoxy groups -OCH3 is 1. The quantitative estimate of drug-likeness (QED) is 0.308. The van der Waals surface area contributed by atoms with Gasteiger partial charge in [0.1, 0.15) is 12.2 Å². The molecular formula is C32H30O8. The standard InChI is InChI=1S/C32H30O8/c1-36-32-29(40-31(35)24-13-6-3-7-14-24)28(39-30(34)23-11-4-2-5-12-23)27(33)26(38-32)20-37-19-21-16-17-22-10-8-9-15-25(22)18-21/h2-18,26-29,32-33H,19-20H2,1H3/t26-,27-,28+,29-,32+/m1/s1. The van der Waals surface area contributed by atoms with Crippen LogP contribution in [0.5, 0.6) is 0 Å². The normalized spacial score (nSPS) is 22.5. The molecule has 8 heteroatoms. The molecule has 206 valence electrons. The summed E-state index contributed by atoms with van der Waals surface area (Å²) in [5, 5.41) is 13.5. The van der Waals surface area contributed by atoms with Crippen molar-refractivity contribution in [2.75, 3.05) is 13.7 Å². The van der Waals surface area contributed by atoms with Gasteiger partial charge in [0, 0.05) is 7.11 Å². The number of aliphatic hydroxyl groups is 1. The summed E-state index contributed by atoms with van der Waals surface area (Å²) < 4.78 is 28.8. The maximum Gasteiger partial charge on any atom is 0.338 e. The van der Waals surface area contributed by atoms with Gasteiger partial charge < -0.3 is 28.8 Å². The van der Waals surface area contributed by atoms with E-state index in [1.54, 1.807) is 60.7 Å². The molecule has 1 aliphatic heterocycles. The number of rotatable bonds is 9. The molecule has 4 aromatic rings. The van der Waals surface area contributed by atoms with Crippen molar-refractivity contribution in [3.05, 3.63) is 120 Å². The zero-order valence-corrected chi connectivity index (χ0v) is 21.9. The van der Waals surface area contributed by atoms with Crippen molar-refractivity contribution in [2.24, 2.45) is 0 Å². The number of hydrogen-bond donors (Lipinski definition) is 1. The van der Waals surface area contributed by atoms with Gasteiger partial charge in [-0.2, -0.15) is 0 Å². The van der Waals surface area contributed by atoms with Crippen molar-refractivity contribution >= 4 is 22.7 Å². The monoisotopic (exact) mass is 542 g/mol. The first-order valence-electron chi connectivity index (χ1n) is 13.0. The van der Waals surface area contributed by atoms with E-state index in [2.05, 4.69) is 0 Å². The Morgan fingerprint density at radius 1 is 0.750 bits per heavy atom. The number of esters is 2. The highest BCUT2D eigenvalue weighted by Crippen LogP contribution is 2.29. The summed E-state index contributed by atoms with van der Waals surface area (Å²) >= 11 is 0. The van der Waals surface area contributed by atoms with E-state index in [1.165, 1.54) is 7.11 Å². The highest BCUT2D eigenvalue weighted by molar-refractivity contribution is 5.90. The van der Waals surface area contributed by atoms with Crippen LogP contribution in [0.4, 0.5) is 0 Å². The Hall–Kier alpha value is -4.08. The van der Waals surface area contributed by atoms with Gasteiger partial charge in [-0.25, -0.2) is 9.59 Å². The molecule has 1 N–H and O–H groups in total. The van der Waals surface area contributed by atoms with Crippen molar-refractivity contribution < 1.29 is 38.4 Å². The number of fused-ring (bicyclic) bond motifs is 1. The third-order valence-corrected chi connectivity index (χ3v) is 6.72. The van der Waals surface area contributed by atoms with Crippen molar-refractivity contribution in [1.82, 2.24) is 0 Å². The maximum absolute atomic E-state index is 13.0. The summed E-state index contributed by atoms with van der Waals surface area (Å²) in [5.41, 5.74) is 1.53. The number of carbonyl (C=O) groups is 2. The first kappa shape index (κ1) is 27.5. The molecule has 1 aliphatic rings. The Kier molecular flexibility index (Phi) is 8.83. The van der Waals surface area contributed by atoms with Crippen molar-refractivity contribution in [1.29, 1.82) is 0 Å². The molecule has 0 spiro atoms. The fourth-order valence-corrected chi connectivity index (χ4v) is 4.63. The predicted molar refractivity (Wildman–Crippen MR) is 147 cm³/mol. The van der Waals surface area contributed by atoms with Gasteiger partial charge in [-0.3, -0.25) is 0 Å². The lowest BCUT2D eigenvalue weighted by Crippen LogP contribution is -2.61. The highest BCUT2D eigenvalue weighted by Gasteiger charge is 2.50. The summed E-state index contributed by atoms with van der Waals surface area (Å²) in [4.78, 5) is 25.9. The van der Waals surface area contributed by atoms with Gasteiger partial charge in [0.25, 0.3) is 0 Å². The average Bonchev–Trinajstić information content (AvgIpc) is 3.00. The molecule has 0 bridgehead atoms. The van der Waals surface area contributed by atoms with Gasteiger partial charge in [-0.05, 0) is 46.7 Å². The number of hydrogen-bond acceptors (Lipinski definition) is 8. The molecule has 8 nitrogen and oxygen atoms in total. The first-order valence-corrected chi connectivity index (χ1v) is 13.0. The minimum atomic E-state index is -1.37. The van der Waals surface area contributed by atoms with Gasteiger partial charge in [-0.1, -0.05) is 72.8 Å². The van der Waals surface area contributed by atoms with Crippen LogP contribution in [0.1, 0.15) is 26.3 Å². The number of ether oxygens (including phenoxy) is 5. The number of aliphatic hydroxyl groups excluding tert-OH is 1. The second kappa shape index (κ2) is 12.8. The lowest BCUT2D eigenvalue weighted by molar-refractivity contribution is -0.295. The Balaban J connectivity index is 1.32. The molecule has 1 fully saturated rings. The average molecular weight is 543 g/mol. The third-order valence-electron chi connectivity index (χ3n) is 6.72. The van der Waals surface area contributed by atoms with E-state index in [-0.39, 0.29) is 18.8 Å². The molecule has 0 radical (unpaired) electrons. The van der Waals surface area contributed by atoms with Gasteiger partial charge in [-0.15, -0.1) is 0 Å². The summed E-state index contributed by atoms with van der Waals surface area (Å²) in [7, 11) is 1.38. The van der Waals surface area contributed by atoms with E-state index in [9.17, 15) is 14.7 Å². The van der Waals surface area contributed by atoms with E-state index in [0.717, 1.165) is 16.3 Å². The minimum Gasteiger partial charge on any atom is -0.452 e. The van der Waals surface area contributed by atoms with Crippen LogP contribution in [0.2, 0.25) is 0 Å². The number of benzene rings is 4. The van der Waals surface area contributed by atoms with E-state index in [4.69, 9.17) is 23.7 Å². The molecule has 40 heavy (non-hydrogen) atoms. The second-order valence-electron chi connectivity index (χ2n) is 9.44. The molecule has 1 saturated heterocycles. The van der Waals surface area contributed by atoms with Gasteiger partial charge in [0.05, 0.1) is 24.3 Å². The molecule has 0 aromatic heterocycles. The predicted octanol–water partition coefficient (Wildman–Crippen LogP) is 4.54. The molecule has 0 unspecified atom stereocenters. The van der Waals surface area contributed by atoms with Crippen LogP contribution in [-0.2, 0) is 30.3 Å². The van der Waals surface area contributed by atoms with E-state index < -0.39 is 42.6 Å². The summed E-state index contributed by atoms with van der Waals surface area (Å²) in [6.07, 6.45) is -5.95. The van der Waals surface area contributed by atoms with Crippen LogP contribution in [0.15, 0.2) is 103 Å². The SMILES string of the molecule is CO[C@H]1O[C@H](COCc2ccc3ccccc3c2)[C@@H](O)[C@H](OC(=O)c2ccccc2)[C@H]1OC(=O)c1ccccc1. The Morgan fingerprint density at radius 3 is 1.95 bits per heavy atom. The second-order valence-corrected chi connectivity index (χ2v) is 9.44. The maximum atomic E-state index is 13.0. The lowest BCUT2D eigenvalue weighted by atomic mass is 9.98. The molecular weight excluding hydrogens is 512 g/mol. The third kappa shape index (κ3) is 6.38.